The summed E-state index contributed by atoms with van der Waals surface area (Å²) in [4.78, 5) is 0. The van der Waals surface area contributed by atoms with E-state index in [1.807, 2.05) is 0 Å². The van der Waals surface area contributed by atoms with Crippen molar-refractivity contribution in [3.05, 3.63) is 0 Å². The van der Waals surface area contributed by atoms with Gasteiger partial charge in [0.1, 0.15) is 0 Å². The lowest BCUT2D eigenvalue weighted by Gasteiger charge is -2.13. The zero-order valence-corrected chi connectivity index (χ0v) is 8.99. The van der Waals surface area contributed by atoms with Gasteiger partial charge in [-0.3, -0.25) is 0 Å². The van der Waals surface area contributed by atoms with Crippen molar-refractivity contribution in [2.75, 3.05) is 6.54 Å². The second-order valence-electron chi connectivity index (χ2n) is 4.44. The highest BCUT2D eigenvalue weighted by Gasteiger charge is 2.28. The Labute approximate surface area is 85.5 Å². The van der Waals surface area contributed by atoms with Crippen molar-refractivity contribution in [3.63, 3.8) is 0 Å². The molecule has 0 aromatic heterocycles. The topological polar surface area (TPSA) is 24.1 Å². The van der Waals surface area contributed by atoms with Crippen molar-refractivity contribution < 1.29 is 0 Å². The normalized spacial score (nSPS) is 23.8. The Morgan fingerprint density at radius 3 is 2.62 bits per heavy atom. The third-order valence-electron chi connectivity index (χ3n) is 2.92. The third kappa shape index (κ3) is 3.14. The van der Waals surface area contributed by atoms with Gasteiger partial charge in [0.05, 0.1) is 0 Å². The molecular weight excluding hydrogens is 180 g/mol. The average molecular weight is 198 g/mol. The predicted octanol–water partition coefficient (Wildman–Crippen LogP) is 1.66. The molecular formula is C10H18N2S. The van der Waals surface area contributed by atoms with Gasteiger partial charge in [-0.25, -0.2) is 0 Å². The van der Waals surface area contributed by atoms with E-state index in [0.717, 1.165) is 23.5 Å². The van der Waals surface area contributed by atoms with Crippen LogP contribution in [-0.4, -0.2) is 17.7 Å². The molecule has 2 saturated carbocycles. The van der Waals surface area contributed by atoms with Crippen LogP contribution in [0.4, 0.5) is 0 Å². The molecule has 0 aliphatic heterocycles. The van der Waals surface area contributed by atoms with Gasteiger partial charge in [-0.05, 0) is 49.7 Å². The Bertz CT molecular complexity index is 197. The van der Waals surface area contributed by atoms with E-state index in [9.17, 15) is 0 Å². The lowest BCUT2D eigenvalue weighted by atomic mass is 10.1. The van der Waals surface area contributed by atoms with Crippen LogP contribution in [0.5, 0.6) is 0 Å². The van der Waals surface area contributed by atoms with Gasteiger partial charge in [0.2, 0.25) is 0 Å². The number of nitrogens with one attached hydrogen (secondary N) is 2. The summed E-state index contributed by atoms with van der Waals surface area (Å²) in [6.45, 7) is 3.35. The summed E-state index contributed by atoms with van der Waals surface area (Å²) >= 11 is 5.17. The van der Waals surface area contributed by atoms with Crippen LogP contribution < -0.4 is 10.6 Å². The lowest BCUT2D eigenvalue weighted by Crippen LogP contribution is -2.38. The largest absolute Gasteiger partial charge is 0.362 e. The zero-order valence-electron chi connectivity index (χ0n) is 8.18. The monoisotopic (exact) mass is 198 g/mol. The molecule has 0 radical (unpaired) electrons. The molecule has 2 aliphatic carbocycles. The minimum Gasteiger partial charge on any atom is -0.362 e. The molecule has 2 aliphatic rings. The van der Waals surface area contributed by atoms with Gasteiger partial charge >= 0.3 is 0 Å². The van der Waals surface area contributed by atoms with Crippen molar-refractivity contribution in [1.82, 2.24) is 10.6 Å². The molecule has 0 amide bonds. The zero-order chi connectivity index (χ0) is 9.26. The van der Waals surface area contributed by atoms with E-state index in [1.54, 1.807) is 0 Å². The van der Waals surface area contributed by atoms with E-state index in [0.29, 0.717) is 6.04 Å². The fraction of sp³-hybridized carbons (Fsp3) is 0.900. The molecule has 0 aromatic rings. The third-order valence-corrected chi connectivity index (χ3v) is 3.19. The van der Waals surface area contributed by atoms with Crippen LogP contribution in [0.3, 0.4) is 0 Å². The molecule has 0 spiro atoms. The second-order valence-corrected chi connectivity index (χ2v) is 4.85. The number of thiocarbonyl (C=S) groups is 1. The maximum atomic E-state index is 5.17. The molecule has 0 saturated heterocycles. The van der Waals surface area contributed by atoms with Crippen molar-refractivity contribution in [2.45, 2.75) is 38.6 Å². The van der Waals surface area contributed by atoms with Crippen molar-refractivity contribution in [2.24, 2.45) is 11.8 Å². The molecule has 2 nitrogen and oxygen atoms in total. The summed E-state index contributed by atoms with van der Waals surface area (Å²) in [6, 6.07) is 0.677. The first-order valence-electron chi connectivity index (χ1n) is 5.30. The van der Waals surface area contributed by atoms with Gasteiger partial charge in [-0.15, -0.1) is 0 Å². The smallest absolute Gasteiger partial charge is 0.166 e. The average Bonchev–Trinajstić information content (AvgIpc) is 2.90. The summed E-state index contributed by atoms with van der Waals surface area (Å²) in [6.07, 6.45) is 5.43. The molecule has 0 bridgehead atoms. The van der Waals surface area contributed by atoms with Gasteiger partial charge in [0, 0.05) is 12.6 Å². The SMILES string of the molecule is CC(CNC(=S)NC1CC1)C1CC1. The van der Waals surface area contributed by atoms with E-state index >= 15 is 0 Å². The maximum Gasteiger partial charge on any atom is 0.166 e. The van der Waals surface area contributed by atoms with Gasteiger partial charge in [-0.2, -0.15) is 0 Å². The first-order chi connectivity index (χ1) is 6.25. The molecule has 2 fully saturated rings. The van der Waals surface area contributed by atoms with Crippen molar-refractivity contribution in [3.8, 4) is 0 Å². The summed E-state index contributed by atoms with van der Waals surface area (Å²) in [5, 5.41) is 7.44. The van der Waals surface area contributed by atoms with E-state index in [2.05, 4.69) is 17.6 Å². The molecule has 2 N–H and O–H groups in total. The van der Waals surface area contributed by atoms with Crippen molar-refractivity contribution >= 4 is 17.3 Å². The fourth-order valence-electron chi connectivity index (χ4n) is 1.55. The highest BCUT2D eigenvalue weighted by molar-refractivity contribution is 7.80. The summed E-state index contributed by atoms with van der Waals surface area (Å²) < 4.78 is 0. The highest BCUT2D eigenvalue weighted by atomic mass is 32.1. The number of hydrogen-bond donors (Lipinski definition) is 2. The van der Waals surface area contributed by atoms with Crippen LogP contribution in [-0.2, 0) is 0 Å². The van der Waals surface area contributed by atoms with E-state index < -0.39 is 0 Å². The van der Waals surface area contributed by atoms with Gasteiger partial charge in [-0.1, -0.05) is 6.92 Å². The summed E-state index contributed by atoms with van der Waals surface area (Å²) in [5.74, 6) is 1.76. The molecule has 13 heavy (non-hydrogen) atoms. The van der Waals surface area contributed by atoms with Gasteiger partial charge in [0.15, 0.2) is 5.11 Å². The summed E-state index contributed by atoms with van der Waals surface area (Å²) in [7, 11) is 0. The standard InChI is InChI=1S/C10H18N2S/c1-7(8-2-3-8)6-11-10(13)12-9-4-5-9/h7-9H,2-6H2,1H3,(H2,11,12,13). The summed E-state index contributed by atoms with van der Waals surface area (Å²) in [5.41, 5.74) is 0. The Hall–Kier alpha value is -0.310. The van der Waals surface area contributed by atoms with Gasteiger partial charge in [0.25, 0.3) is 0 Å². The first-order valence-corrected chi connectivity index (χ1v) is 5.71. The van der Waals surface area contributed by atoms with Crippen LogP contribution in [0.1, 0.15) is 32.6 Å². The van der Waals surface area contributed by atoms with E-state index in [-0.39, 0.29) is 0 Å². The first kappa shape index (κ1) is 9.25. The Morgan fingerprint density at radius 1 is 1.38 bits per heavy atom. The van der Waals surface area contributed by atoms with Crippen LogP contribution in [0.2, 0.25) is 0 Å². The van der Waals surface area contributed by atoms with Gasteiger partial charge < -0.3 is 10.6 Å². The minimum absolute atomic E-state index is 0.677. The van der Waals surface area contributed by atoms with Crippen LogP contribution in [0, 0.1) is 11.8 Å². The minimum atomic E-state index is 0.677. The van der Waals surface area contributed by atoms with E-state index in [1.165, 1.54) is 25.7 Å². The second kappa shape index (κ2) is 3.82. The fourth-order valence-corrected chi connectivity index (χ4v) is 1.80. The number of rotatable bonds is 4. The molecule has 1 atom stereocenters. The molecule has 0 heterocycles. The number of hydrogen-bond acceptors (Lipinski definition) is 1. The quantitative estimate of drug-likeness (QED) is 0.672. The predicted molar refractivity (Wildman–Crippen MR) is 58.6 cm³/mol. The Balaban J connectivity index is 1.57. The van der Waals surface area contributed by atoms with Crippen LogP contribution in [0.25, 0.3) is 0 Å². The van der Waals surface area contributed by atoms with Crippen LogP contribution >= 0.6 is 12.2 Å². The Kier molecular flexibility index (Phi) is 2.72. The molecule has 2 rings (SSSR count). The van der Waals surface area contributed by atoms with E-state index in [4.69, 9.17) is 12.2 Å². The van der Waals surface area contributed by atoms with Crippen LogP contribution in [0.15, 0.2) is 0 Å². The molecule has 1 unspecified atom stereocenters. The maximum absolute atomic E-state index is 5.17. The highest BCUT2D eigenvalue weighted by Crippen LogP contribution is 2.36. The lowest BCUT2D eigenvalue weighted by molar-refractivity contribution is 0.498. The molecule has 74 valence electrons. The molecule has 0 aromatic carbocycles. The Morgan fingerprint density at radius 2 is 2.08 bits per heavy atom. The molecule has 3 heteroatoms. The van der Waals surface area contributed by atoms with Crippen molar-refractivity contribution in [1.29, 1.82) is 0 Å².